The van der Waals surface area contributed by atoms with Crippen molar-refractivity contribution < 1.29 is 18.9 Å². The zero-order valence-electron chi connectivity index (χ0n) is 18.2. The van der Waals surface area contributed by atoms with Crippen LogP contribution in [0.1, 0.15) is 25.8 Å². The van der Waals surface area contributed by atoms with Gasteiger partial charge >= 0.3 is 0 Å². The van der Waals surface area contributed by atoms with E-state index >= 15 is 0 Å². The van der Waals surface area contributed by atoms with Crippen LogP contribution in [0.4, 0.5) is 0 Å². The molecular weight excluding hydrogens is 370 g/mol. The zero-order valence-corrected chi connectivity index (χ0v) is 18.2. The van der Waals surface area contributed by atoms with E-state index in [1.165, 1.54) is 5.56 Å². The number of hydrogen-bond acceptors (Lipinski definition) is 5. The van der Waals surface area contributed by atoms with Gasteiger partial charge in [0.1, 0.15) is 13.2 Å². The highest BCUT2D eigenvalue weighted by Gasteiger charge is 2.28. The van der Waals surface area contributed by atoms with Crippen molar-refractivity contribution in [1.29, 1.82) is 0 Å². The maximum absolute atomic E-state index is 5.75. The number of hydrogen-bond donors (Lipinski definition) is 1. The summed E-state index contributed by atoms with van der Waals surface area (Å²) in [4.78, 5) is 6.83. The van der Waals surface area contributed by atoms with E-state index in [4.69, 9.17) is 18.9 Å². The van der Waals surface area contributed by atoms with Crippen LogP contribution in [-0.2, 0) is 14.9 Å². The molecule has 0 amide bonds. The first-order valence-electron chi connectivity index (χ1n) is 10.5. The molecule has 1 aromatic carbocycles. The number of nitrogens with zero attached hydrogens (tertiary/aromatic N) is 2. The molecule has 0 aliphatic carbocycles. The lowest BCUT2D eigenvalue weighted by Gasteiger charge is -2.30. The van der Waals surface area contributed by atoms with Crippen molar-refractivity contribution in [2.24, 2.45) is 10.9 Å². The summed E-state index contributed by atoms with van der Waals surface area (Å²) in [6.07, 6.45) is 1.12. The van der Waals surface area contributed by atoms with E-state index in [0.717, 1.165) is 50.1 Å². The van der Waals surface area contributed by atoms with Crippen molar-refractivity contribution in [3.63, 3.8) is 0 Å². The molecule has 0 aromatic heterocycles. The molecule has 0 bridgehead atoms. The first-order chi connectivity index (χ1) is 14.0. The van der Waals surface area contributed by atoms with Crippen LogP contribution < -0.4 is 14.8 Å². The molecule has 3 rings (SSSR count). The average molecular weight is 406 g/mol. The summed E-state index contributed by atoms with van der Waals surface area (Å²) >= 11 is 0. The van der Waals surface area contributed by atoms with Crippen LogP contribution in [0, 0.1) is 5.92 Å². The standard InChI is InChI=1S/C22H35N3O4/c1-22(2,18-5-6-19-20(13-18)29-12-11-28-19)16-24-21(23-3)25-8-7-17(14-25)15-27-10-9-26-4/h5-6,13,17H,7-12,14-16H2,1-4H3,(H,23,24). The number of ether oxygens (including phenoxy) is 4. The van der Waals surface area contributed by atoms with Crippen LogP contribution in [0.15, 0.2) is 23.2 Å². The summed E-state index contributed by atoms with van der Waals surface area (Å²) in [5, 5.41) is 3.57. The highest BCUT2D eigenvalue weighted by Crippen LogP contribution is 2.35. The third kappa shape index (κ3) is 5.76. The van der Waals surface area contributed by atoms with Gasteiger partial charge in [-0.3, -0.25) is 4.99 Å². The van der Waals surface area contributed by atoms with Gasteiger partial charge in [0.05, 0.1) is 19.8 Å². The van der Waals surface area contributed by atoms with Crippen LogP contribution in [0.5, 0.6) is 11.5 Å². The number of benzene rings is 1. The molecule has 7 heteroatoms. The molecule has 2 aliphatic heterocycles. The van der Waals surface area contributed by atoms with Crippen molar-refractivity contribution in [3.8, 4) is 11.5 Å². The number of aliphatic imine (C=N–C) groups is 1. The van der Waals surface area contributed by atoms with Gasteiger partial charge in [0.2, 0.25) is 0 Å². The molecule has 1 unspecified atom stereocenters. The second kappa shape index (κ2) is 10.2. The molecule has 1 N–H and O–H groups in total. The van der Waals surface area contributed by atoms with E-state index in [1.807, 2.05) is 13.1 Å². The van der Waals surface area contributed by atoms with Gasteiger partial charge in [-0.2, -0.15) is 0 Å². The maximum atomic E-state index is 5.75. The fourth-order valence-corrected chi connectivity index (χ4v) is 3.75. The van der Waals surface area contributed by atoms with Gasteiger partial charge in [0.25, 0.3) is 0 Å². The molecular formula is C22H35N3O4. The zero-order chi connectivity index (χ0) is 20.7. The Morgan fingerprint density at radius 1 is 1.24 bits per heavy atom. The summed E-state index contributed by atoms with van der Waals surface area (Å²) < 4.78 is 22.1. The van der Waals surface area contributed by atoms with E-state index in [9.17, 15) is 0 Å². The lowest BCUT2D eigenvalue weighted by atomic mass is 9.84. The van der Waals surface area contributed by atoms with Crippen molar-refractivity contribution in [3.05, 3.63) is 23.8 Å². The van der Waals surface area contributed by atoms with Crippen molar-refractivity contribution in [2.75, 3.05) is 66.8 Å². The molecule has 29 heavy (non-hydrogen) atoms. The summed E-state index contributed by atoms with van der Waals surface area (Å²) in [7, 11) is 3.55. The Bertz CT molecular complexity index is 693. The second-order valence-corrected chi connectivity index (χ2v) is 8.31. The molecule has 0 radical (unpaired) electrons. The van der Waals surface area contributed by atoms with E-state index in [1.54, 1.807) is 7.11 Å². The summed E-state index contributed by atoms with van der Waals surface area (Å²) in [6.45, 7) is 10.5. The lowest BCUT2D eigenvalue weighted by molar-refractivity contribution is 0.0536. The van der Waals surface area contributed by atoms with Crippen LogP contribution in [0.25, 0.3) is 0 Å². The monoisotopic (exact) mass is 405 g/mol. The van der Waals surface area contributed by atoms with E-state index in [0.29, 0.717) is 32.3 Å². The quantitative estimate of drug-likeness (QED) is 0.407. The fourth-order valence-electron chi connectivity index (χ4n) is 3.75. The van der Waals surface area contributed by atoms with E-state index < -0.39 is 0 Å². The van der Waals surface area contributed by atoms with Crippen molar-refractivity contribution in [2.45, 2.75) is 25.7 Å². The van der Waals surface area contributed by atoms with Crippen molar-refractivity contribution in [1.82, 2.24) is 10.2 Å². The van der Waals surface area contributed by atoms with Crippen LogP contribution in [-0.4, -0.2) is 77.7 Å². The highest BCUT2D eigenvalue weighted by molar-refractivity contribution is 5.80. The molecule has 1 aromatic rings. The molecule has 162 valence electrons. The first-order valence-corrected chi connectivity index (χ1v) is 10.5. The van der Waals surface area contributed by atoms with Gasteiger partial charge in [-0.1, -0.05) is 19.9 Å². The topological polar surface area (TPSA) is 64.6 Å². The predicted octanol–water partition coefficient (Wildman–Crippen LogP) is 2.30. The molecule has 7 nitrogen and oxygen atoms in total. The van der Waals surface area contributed by atoms with Gasteiger partial charge in [0.15, 0.2) is 17.5 Å². The largest absolute Gasteiger partial charge is 0.486 e. The third-order valence-corrected chi connectivity index (χ3v) is 5.59. The van der Waals surface area contributed by atoms with Crippen LogP contribution in [0.3, 0.4) is 0 Å². The lowest BCUT2D eigenvalue weighted by Crippen LogP contribution is -2.45. The maximum Gasteiger partial charge on any atom is 0.193 e. The molecule has 1 atom stereocenters. The Hall–Kier alpha value is -1.99. The Kier molecular flexibility index (Phi) is 7.61. The minimum absolute atomic E-state index is 0.0752. The predicted molar refractivity (Wildman–Crippen MR) is 114 cm³/mol. The Morgan fingerprint density at radius 2 is 2.03 bits per heavy atom. The van der Waals surface area contributed by atoms with Gasteiger partial charge in [-0.25, -0.2) is 0 Å². The van der Waals surface area contributed by atoms with Crippen LogP contribution in [0.2, 0.25) is 0 Å². The SMILES string of the molecule is CN=C(NCC(C)(C)c1ccc2c(c1)OCCO2)N1CCC(COCCOC)C1. The summed E-state index contributed by atoms with van der Waals surface area (Å²) in [5.41, 5.74) is 1.14. The van der Waals surface area contributed by atoms with Crippen LogP contribution >= 0.6 is 0 Å². The van der Waals surface area contributed by atoms with E-state index in [-0.39, 0.29) is 5.41 Å². The Labute approximate surface area is 174 Å². The number of likely N-dealkylation sites (tertiary alicyclic amines) is 1. The molecule has 0 saturated carbocycles. The number of methoxy groups -OCH3 is 1. The average Bonchev–Trinajstić information content (AvgIpc) is 3.20. The smallest absolute Gasteiger partial charge is 0.193 e. The summed E-state index contributed by atoms with van der Waals surface area (Å²) in [5.74, 6) is 3.16. The number of fused-ring (bicyclic) bond motifs is 1. The first kappa shape index (κ1) is 21.7. The minimum atomic E-state index is -0.0752. The second-order valence-electron chi connectivity index (χ2n) is 8.31. The number of nitrogens with one attached hydrogen (secondary N) is 1. The molecule has 1 fully saturated rings. The van der Waals surface area contributed by atoms with Gasteiger partial charge in [0, 0.05) is 45.1 Å². The van der Waals surface area contributed by atoms with Gasteiger partial charge in [-0.15, -0.1) is 0 Å². The van der Waals surface area contributed by atoms with Gasteiger partial charge in [-0.05, 0) is 24.1 Å². The fraction of sp³-hybridized carbons (Fsp3) is 0.682. The molecule has 2 aliphatic rings. The van der Waals surface area contributed by atoms with Gasteiger partial charge < -0.3 is 29.2 Å². The molecule has 0 spiro atoms. The number of guanidine groups is 1. The number of rotatable bonds is 8. The summed E-state index contributed by atoms with van der Waals surface area (Å²) in [6, 6.07) is 6.23. The third-order valence-electron chi connectivity index (χ3n) is 5.59. The van der Waals surface area contributed by atoms with Crippen molar-refractivity contribution >= 4 is 5.96 Å². The molecule has 2 heterocycles. The Balaban J connectivity index is 1.52. The van der Waals surface area contributed by atoms with E-state index in [2.05, 4.69) is 41.2 Å². The highest BCUT2D eigenvalue weighted by atomic mass is 16.6. The Morgan fingerprint density at radius 3 is 2.79 bits per heavy atom. The normalized spacial score (nSPS) is 19.5. The minimum Gasteiger partial charge on any atom is -0.486 e. The molecule has 1 saturated heterocycles.